The molecule has 2 aromatic carbocycles. The van der Waals surface area contributed by atoms with E-state index in [9.17, 15) is 22.8 Å². The molecule has 1 saturated heterocycles. The average molecular weight is 445 g/mol. The van der Waals surface area contributed by atoms with Crippen LogP contribution in [0.3, 0.4) is 0 Å². The molecule has 0 spiro atoms. The Balaban J connectivity index is 1.85. The number of alkyl halides is 3. The normalized spacial score (nSPS) is 16.3. The monoisotopic (exact) mass is 445 g/mol. The quantitative estimate of drug-likeness (QED) is 0.759. The SMILES string of the molecule is CNC(=O)C1CN(C(=O)Nc2cccc(C)c2)CCN1c1ccc(C#N)c(C(F)(F)F)c1. The van der Waals surface area contributed by atoms with E-state index in [4.69, 9.17) is 5.26 Å². The smallest absolute Gasteiger partial charge is 0.357 e. The Bertz CT molecular complexity index is 1060. The lowest BCUT2D eigenvalue weighted by molar-refractivity contribution is -0.137. The average Bonchev–Trinajstić information content (AvgIpc) is 2.77. The minimum absolute atomic E-state index is 0.0152. The first-order valence-electron chi connectivity index (χ1n) is 9.86. The number of nitrogens with zero attached hydrogens (tertiary/aromatic N) is 3. The zero-order chi connectivity index (χ0) is 23.5. The van der Waals surface area contributed by atoms with Gasteiger partial charge in [-0.3, -0.25) is 4.79 Å². The molecule has 10 heteroatoms. The van der Waals surface area contributed by atoms with Gasteiger partial charge in [0.15, 0.2) is 0 Å². The minimum Gasteiger partial charge on any atom is -0.357 e. The number of piperazine rings is 1. The second-order valence-electron chi connectivity index (χ2n) is 7.41. The maximum Gasteiger partial charge on any atom is 0.417 e. The van der Waals surface area contributed by atoms with Gasteiger partial charge in [-0.15, -0.1) is 0 Å². The third kappa shape index (κ3) is 4.94. The number of hydrogen-bond acceptors (Lipinski definition) is 4. The molecule has 1 heterocycles. The summed E-state index contributed by atoms with van der Waals surface area (Å²) >= 11 is 0. The molecule has 3 rings (SSSR count). The van der Waals surface area contributed by atoms with Crippen LogP contribution in [-0.4, -0.2) is 49.6 Å². The van der Waals surface area contributed by atoms with E-state index < -0.39 is 35.3 Å². The van der Waals surface area contributed by atoms with Crippen molar-refractivity contribution < 1.29 is 22.8 Å². The van der Waals surface area contributed by atoms with Crippen LogP contribution >= 0.6 is 0 Å². The molecule has 32 heavy (non-hydrogen) atoms. The molecule has 1 atom stereocenters. The van der Waals surface area contributed by atoms with Crippen LogP contribution in [0.25, 0.3) is 0 Å². The van der Waals surface area contributed by atoms with Crippen LogP contribution in [0.1, 0.15) is 16.7 Å². The predicted molar refractivity (Wildman–Crippen MR) is 113 cm³/mol. The van der Waals surface area contributed by atoms with Crippen LogP contribution in [-0.2, 0) is 11.0 Å². The number of nitriles is 1. The number of rotatable bonds is 3. The number of urea groups is 1. The highest BCUT2D eigenvalue weighted by Gasteiger charge is 2.37. The minimum atomic E-state index is -4.71. The van der Waals surface area contributed by atoms with Crippen LogP contribution < -0.4 is 15.5 Å². The van der Waals surface area contributed by atoms with Crippen LogP contribution in [0.15, 0.2) is 42.5 Å². The molecule has 7 nitrogen and oxygen atoms in total. The standard InChI is InChI=1S/C22H22F3N5O2/c1-14-4-3-5-16(10-14)28-21(32)29-8-9-30(19(13-29)20(31)27-2)17-7-6-15(12-26)18(11-17)22(23,24)25/h3-7,10-11,19H,8-9,13H2,1-2H3,(H,27,31)(H,28,32). The van der Waals surface area contributed by atoms with Crippen molar-refractivity contribution in [3.63, 3.8) is 0 Å². The van der Waals surface area contributed by atoms with Crippen molar-refractivity contribution in [2.75, 3.05) is 36.9 Å². The highest BCUT2D eigenvalue weighted by Crippen LogP contribution is 2.35. The van der Waals surface area contributed by atoms with E-state index in [1.165, 1.54) is 22.9 Å². The molecular formula is C22H22F3N5O2. The number of aryl methyl sites for hydroxylation is 1. The number of amides is 3. The second kappa shape index (κ2) is 9.18. The van der Waals surface area contributed by atoms with Gasteiger partial charge in [-0.2, -0.15) is 18.4 Å². The maximum atomic E-state index is 13.4. The third-order valence-corrected chi connectivity index (χ3v) is 5.25. The zero-order valence-corrected chi connectivity index (χ0v) is 17.5. The molecule has 168 valence electrons. The summed E-state index contributed by atoms with van der Waals surface area (Å²) < 4.78 is 40.2. The van der Waals surface area contributed by atoms with E-state index in [1.54, 1.807) is 24.3 Å². The Morgan fingerprint density at radius 3 is 2.53 bits per heavy atom. The summed E-state index contributed by atoms with van der Waals surface area (Å²) in [6.45, 7) is 2.22. The largest absolute Gasteiger partial charge is 0.417 e. The molecule has 1 unspecified atom stereocenters. The summed E-state index contributed by atoms with van der Waals surface area (Å²) in [4.78, 5) is 28.2. The first-order chi connectivity index (χ1) is 15.1. The van der Waals surface area contributed by atoms with Crippen molar-refractivity contribution in [1.29, 1.82) is 5.26 Å². The summed E-state index contributed by atoms with van der Waals surface area (Å²) in [5.41, 5.74) is 0.179. The number of carbonyl (C=O) groups excluding carboxylic acids is 2. The van der Waals surface area contributed by atoms with E-state index in [0.717, 1.165) is 17.7 Å². The van der Waals surface area contributed by atoms with Gasteiger partial charge in [0.2, 0.25) is 5.91 Å². The highest BCUT2D eigenvalue weighted by atomic mass is 19.4. The Kier molecular flexibility index (Phi) is 6.58. The molecule has 1 fully saturated rings. The van der Waals surface area contributed by atoms with Crippen molar-refractivity contribution >= 4 is 23.3 Å². The summed E-state index contributed by atoms with van der Waals surface area (Å²) in [5.74, 6) is -0.434. The number of hydrogen-bond donors (Lipinski definition) is 2. The van der Waals surface area contributed by atoms with E-state index in [2.05, 4.69) is 10.6 Å². The van der Waals surface area contributed by atoms with Gasteiger partial charge in [-0.25, -0.2) is 4.79 Å². The Hall–Kier alpha value is -3.74. The molecule has 0 saturated carbocycles. The van der Waals surface area contributed by atoms with Crippen molar-refractivity contribution in [3.8, 4) is 6.07 Å². The van der Waals surface area contributed by atoms with Gasteiger partial charge in [-0.05, 0) is 42.8 Å². The number of likely N-dealkylation sites (N-methyl/N-ethyl adjacent to an activating group) is 1. The fraction of sp³-hybridized carbons (Fsp3) is 0.318. The molecule has 1 aliphatic heterocycles. The topological polar surface area (TPSA) is 88.5 Å². The third-order valence-electron chi connectivity index (χ3n) is 5.25. The molecule has 1 aliphatic rings. The van der Waals surface area contributed by atoms with Gasteiger partial charge in [-0.1, -0.05) is 12.1 Å². The van der Waals surface area contributed by atoms with Crippen molar-refractivity contribution in [3.05, 3.63) is 59.2 Å². The second-order valence-corrected chi connectivity index (χ2v) is 7.41. The molecule has 3 amide bonds. The fourth-order valence-electron chi connectivity index (χ4n) is 3.64. The number of anilines is 2. The summed E-state index contributed by atoms with van der Waals surface area (Å²) in [6.07, 6.45) is -4.71. The zero-order valence-electron chi connectivity index (χ0n) is 17.5. The van der Waals surface area contributed by atoms with Gasteiger partial charge >= 0.3 is 12.2 Å². The fourth-order valence-corrected chi connectivity index (χ4v) is 3.64. The molecule has 0 aliphatic carbocycles. The Labute approximate surface area is 183 Å². The molecule has 2 N–H and O–H groups in total. The van der Waals surface area contributed by atoms with E-state index in [1.807, 2.05) is 13.0 Å². The lowest BCUT2D eigenvalue weighted by Crippen LogP contribution is -2.60. The van der Waals surface area contributed by atoms with Crippen LogP contribution in [0.4, 0.5) is 29.3 Å². The molecule has 0 aromatic heterocycles. The van der Waals surface area contributed by atoms with Crippen molar-refractivity contribution in [2.24, 2.45) is 0 Å². The van der Waals surface area contributed by atoms with Crippen LogP contribution in [0.5, 0.6) is 0 Å². The van der Waals surface area contributed by atoms with Crippen molar-refractivity contribution in [2.45, 2.75) is 19.1 Å². The van der Waals surface area contributed by atoms with Gasteiger partial charge in [0, 0.05) is 31.5 Å². The lowest BCUT2D eigenvalue weighted by atomic mass is 10.0. The number of nitrogens with one attached hydrogen (secondary N) is 2. The lowest BCUT2D eigenvalue weighted by Gasteiger charge is -2.41. The predicted octanol–water partition coefficient (Wildman–Crippen LogP) is 3.35. The van der Waals surface area contributed by atoms with Gasteiger partial charge in [0.1, 0.15) is 6.04 Å². The number of halogens is 3. The molecule has 0 radical (unpaired) electrons. The van der Waals surface area contributed by atoms with E-state index in [0.29, 0.717) is 5.69 Å². The van der Waals surface area contributed by atoms with Gasteiger partial charge in [0.05, 0.1) is 23.7 Å². The molecular weight excluding hydrogens is 423 g/mol. The maximum absolute atomic E-state index is 13.4. The molecule has 0 bridgehead atoms. The highest BCUT2D eigenvalue weighted by molar-refractivity contribution is 5.91. The van der Waals surface area contributed by atoms with Crippen molar-refractivity contribution in [1.82, 2.24) is 10.2 Å². The number of benzene rings is 2. The van der Waals surface area contributed by atoms with Gasteiger partial charge in [0.25, 0.3) is 0 Å². The number of carbonyl (C=O) groups is 2. The Morgan fingerprint density at radius 1 is 1.16 bits per heavy atom. The Morgan fingerprint density at radius 2 is 1.91 bits per heavy atom. The van der Waals surface area contributed by atoms with E-state index >= 15 is 0 Å². The van der Waals surface area contributed by atoms with Gasteiger partial charge < -0.3 is 20.4 Å². The summed E-state index contributed by atoms with van der Waals surface area (Å²) in [7, 11) is 1.42. The molecule has 2 aromatic rings. The first-order valence-corrected chi connectivity index (χ1v) is 9.86. The summed E-state index contributed by atoms with van der Waals surface area (Å²) in [6, 6.07) is 10.8. The van der Waals surface area contributed by atoms with E-state index in [-0.39, 0.29) is 25.3 Å². The summed E-state index contributed by atoms with van der Waals surface area (Å²) in [5, 5.41) is 14.3. The first kappa shape index (κ1) is 22.9. The van der Waals surface area contributed by atoms with Crippen LogP contribution in [0, 0.1) is 18.3 Å². The van der Waals surface area contributed by atoms with Crippen LogP contribution in [0.2, 0.25) is 0 Å².